The maximum absolute atomic E-state index is 13.5. The Morgan fingerprint density at radius 2 is 1.77 bits per heavy atom. The predicted molar refractivity (Wildman–Crippen MR) is 142 cm³/mol. The number of nitrogens with zero attached hydrogens (tertiary/aromatic N) is 1. The van der Waals surface area contributed by atoms with Gasteiger partial charge in [0.05, 0.1) is 12.5 Å². The van der Waals surface area contributed by atoms with E-state index < -0.39 is 60.6 Å². The van der Waals surface area contributed by atoms with Crippen molar-refractivity contribution in [2.24, 2.45) is 17.6 Å². The number of carbonyl (C=O) groups is 5. The molecule has 1 fully saturated rings. The van der Waals surface area contributed by atoms with E-state index >= 15 is 0 Å². The van der Waals surface area contributed by atoms with E-state index in [9.17, 15) is 29.1 Å². The molecule has 11 nitrogen and oxygen atoms in total. The van der Waals surface area contributed by atoms with Gasteiger partial charge in [-0.05, 0) is 17.9 Å². The monoisotopic (exact) mass is 547 g/mol. The molecule has 0 radical (unpaired) electrons. The van der Waals surface area contributed by atoms with Crippen molar-refractivity contribution < 1.29 is 38.6 Å². The van der Waals surface area contributed by atoms with Crippen LogP contribution < -0.4 is 11.1 Å². The van der Waals surface area contributed by atoms with Crippen LogP contribution in [0.25, 0.3) is 0 Å². The first-order valence-electron chi connectivity index (χ1n) is 13.3. The molecule has 2 amide bonds. The summed E-state index contributed by atoms with van der Waals surface area (Å²) in [7, 11) is 0. The van der Waals surface area contributed by atoms with Gasteiger partial charge in [0, 0.05) is 32.2 Å². The van der Waals surface area contributed by atoms with E-state index in [1.807, 2.05) is 13.0 Å². The number of carboxylic acid groups (broad SMARTS) is 1. The standard InChI is InChI=1S/C28H41N3O8/c1-6-17(4)26(35)30-20(14-19-10-8-7-9-11-19)28(37)39-22(15-23(33)34)25-21(38-18(5)32)12-13-31(25)27(36)24(29)16(2)3/h7-11,16-17,20-22,24-25H,6,12-15,29H2,1-5H3,(H,30,35)(H,33,34)/t17-,20-,21-,22+,24-,25+/m0/s1. The molecule has 0 saturated carbocycles. The van der Waals surface area contributed by atoms with Crippen LogP contribution >= 0.6 is 0 Å². The average Bonchev–Trinajstić information content (AvgIpc) is 3.29. The zero-order valence-corrected chi connectivity index (χ0v) is 23.3. The van der Waals surface area contributed by atoms with Gasteiger partial charge >= 0.3 is 17.9 Å². The molecule has 1 aliphatic heterocycles. The second-order valence-corrected chi connectivity index (χ2v) is 10.4. The van der Waals surface area contributed by atoms with Gasteiger partial charge in [-0.3, -0.25) is 19.2 Å². The Balaban J connectivity index is 2.42. The van der Waals surface area contributed by atoms with Crippen molar-refractivity contribution in [3.05, 3.63) is 35.9 Å². The zero-order chi connectivity index (χ0) is 29.3. The highest BCUT2D eigenvalue weighted by Crippen LogP contribution is 2.29. The minimum atomic E-state index is -1.36. The van der Waals surface area contributed by atoms with E-state index in [0.29, 0.717) is 6.42 Å². The molecule has 1 aromatic rings. The van der Waals surface area contributed by atoms with E-state index in [1.165, 1.54) is 11.8 Å². The lowest BCUT2D eigenvalue weighted by atomic mass is 9.99. The van der Waals surface area contributed by atoms with Crippen LogP contribution in [0, 0.1) is 11.8 Å². The summed E-state index contributed by atoms with van der Waals surface area (Å²) in [5, 5.41) is 12.4. The van der Waals surface area contributed by atoms with Gasteiger partial charge in [0.15, 0.2) is 0 Å². The number of carboxylic acids is 1. The van der Waals surface area contributed by atoms with Crippen molar-refractivity contribution in [1.29, 1.82) is 0 Å². The molecule has 1 aromatic carbocycles. The van der Waals surface area contributed by atoms with Crippen molar-refractivity contribution in [3.63, 3.8) is 0 Å². The molecule has 4 N–H and O–H groups in total. The summed E-state index contributed by atoms with van der Waals surface area (Å²) in [6, 6.07) is 5.95. The summed E-state index contributed by atoms with van der Waals surface area (Å²) in [6.45, 7) is 8.49. The Bertz CT molecular complexity index is 1020. The molecule has 0 unspecified atom stereocenters. The first-order chi connectivity index (χ1) is 18.3. The largest absolute Gasteiger partial charge is 0.481 e. The van der Waals surface area contributed by atoms with Crippen molar-refractivity contribution in [2.45, 2.75) is 90.6 Å². The number of hydrogen-bond donors (Lipinski definition) is 3. The lowest BCUT2D eigenvalue weighted by molar-refractivity contribution is -0.167. The average molecular weight is 548 g/mol. The van der Waals surface area contributed by atoms with Gasteiger partial charge in [0.25, 0.3) is 0 Å². The number of nitrogens with one attached hydrogen (secondary N) is 1. The van der Waals surface area contributed by atoms with Crippen LogP contribution in [-0.4, -0.2) is 76.6 Å². The number of ether oxygens (including phenoxy) is 2. The van der Waals surface area contributed by atoms with Crippen LogP contribution in [0.1, 0.15) is 59.4 Å². The molecule has 0 spiro atoms. The molecule has 6 atom stereocenters. The predicted octanol–water partition coefficient (Wildman–Crippen LogP) is 1.66. The number of rotatable bonds is 13. The SMILES string of the molecule is CC[C@H](C)C(=O)N[C@@H](Cc1ccccc1)C(=O)O[C@H](CC(=O)O)[C@H]1[C@@H](OC(C)=O)CCN1C(=O)[C@@H](N)C(C)C. The van der Waals surface area contributed by atoms with Crippen molar-refractivity contribution >= 4 is 29.7 Å². The topological polar surface area (TPSA) is 165 Å². The van der Waals surface area contributed by atoms with Gasteiger partial charge in [0.2, 0.25) is 11.8 Å². The third kappa shape index (κ3) is 9.05. The summed E-state index contributed by atoms with van der Waals surface area (Å²) in [5.41, 5.74) is 6.87. The fraction of sp³-hybridized carbons (Fsp3) is 0.607. The van der Waals surface area contributed by atoms with Crippen LogP contribution in [0.4, 0.5) is 0 Å². The lowest BCUT2D eigenvalue weighted by Crippen LogP contribution is -2.56. The summed E-state index contributed by atoms with van der Waals surface area (Å²) in [4.78, 5) is 64.5. The van der Waals surface area contributed by atoms with Crippen LogP contribution in [0.15, 0.2) is 30.3 Å². The van der Waals surface area contributed by atoms with Gasteiger partial charge in [-0.25, -0.2) is 4.79 Å². The summed E-state index contributed by atoms with van der Waals surface area (Å²) in [6.07, 6.45) is -2.01. The van der Waals surface area contributed by atoms with Crippen molar-refractivity contribution in [3.8, 4) is 0 Å². The molecule has 1 heterocycles. The third-order valence-corrected chi connectivity index (χ3v) is 6.97. The Morgan fingerprint density at radius 1 is 1.13 bits per heavy atom. The summed E-state index contributed by atoms with van der Waals surface area (Å²) in [5.74, 6) is -4.11. The number of esters is 2. The maximum atomic E-state index is 13.5. The van der Waals surface area contributed by atoms with E-state index in [1.54, 1.807) is 45.0 Å². The van der Waals surface area contributed by atoms with E-state index in [0.717, 1.165) is 5.56 Å². The van der Waals surface area contributed by atoms with Crippen LogP contribution in [-0.2, 0) is 39.9 Å². The number of nitrogens with two attached hydrogens (primary N) is 1. The van der Waals surface area contributed by atoms with Crippen LogP contribution in [0.5, 0.6) is 0 Å². The van der Waals surface area contributed by atoms with Gasteiger partial charge in [0.1, 0.15) is 24.3 Å². The van der Waals surface area contributed by atoms with Crippen LogP contribution in [0.2, 0.25) is 0 Å². The quantitative estimate of drug-likeness (QED) is 0.311. The normalized spacial score (nSPS) is 20.0. The highest BCUT2D eigenvalue weighted by Gasteiger charge is 2.48. The van der Waals surface area contributed by atoms with Gasteiger partial charge in [-0.1, -0.05) is 58.0 Å². The molecule has 11 heteroatoms. The first-order valence-corrected chi connectivity index (χ1v) is 13.3. The maximum Gasteiger partial charge on any atom is 0.329 e. The molecule has 216 valence electrons. The van der Waals surface area contributed by atoms with E-state index in [2.05, 4.69) is 5.32 Å². The lowest BCUT2D eigenvalue weighted by Gasteiger charge is -2.35. The smallest absolute Gasteiger partial charge is 0.329 e. The van der Waals surface area contributed by atoms with E-state index in [-0.39, 0.29) is 37.1 Å². The van der Waals surface area contributed by atoms with Crippen molar-refractivity contribution in [1.82, 2.24) is 10.2 Å². The number of amides is 2. The number of aliphatic carboxylic acids is 1. The molecular formula is C28H41N3O8. The highest BCUT2D eigenvalue weighted by molar-refractivity contribution is 5.86. The minimum absolute atomic E-state index is 0.112. The van der Waals surface area contributed by atoms with Gasteiger partial charge in [-0.15, -0.1) is 0 Å². The Morgan fingerprint density at radius 3 is 2.31 bits per heavy atom. The second-order valence-electron chi connectivity index (χ2n) is 10.4. The molecular weight excluding hydrogens is 506 g/mol. The number of carbonyl (C=O) groups excluding carboxylic acids is 4. The van der Waals surface area contributed by atoms with Gasteiger partial charge in [-0.2, -0.15) is 0 Å². The Kier molecular flexibility index (Phi) is 11.9. The molecule has 0 aromatic heterocycles. The fourth-order valence-corrected chi connectivity index (χ4v) is 4.48. The fourth-order valence-electron chi connectivity index (χ4n) is 4.48. The highest BCUT2D eigenvalue weighted by atomic mass is 16.6. The number of likely N-dealkylation sites (tertiary alicyclic amines) is 1. The number of benzene rings is 1. The molecule has 39 heavy (non-hydrogen) atoms. The molecule has 0 aliphatic carbocycles. The Hall–Kier alpha value is -3.47. The molecule has 1 aliphatic rings. The van der Waals surface area contributed by atoms with Gasteiger partial charge < -0.3 is 30.5 Å². The van der Waals surface area contributed by atoms with E-state index in [4.69, 9.17) is 15.2 Å². The Labute approximate surface area is 229 Å². The third-order valence-electron chi connectivity index (χ3n) is 6.97. The van der Waals surface area contributed by atoms with Crippen molar-refractivity contribution in [2.75, 3.05) is 6.54 Å². The summed E-state index contributed by atoms with van der Waals surface area (Å²) >= 11 is 0. The molecule has 1 saturated heterocycles. The first kappa shape index (κ1) is 31.7. The summed E-state index contributed by atoms with van der Waals surface area (Å²) < 4.78 is 11.2. The molecule has 0 bridgehead atoms. The minimum Gasteiger partial charge on any atom is -0.481 e. The zero-order valence-electron chi connectivity index (χ0n) is 23.3. The molecule has 2 rings (SSSR count). The second kappa shape index (κ2) is 14.6. The number of hydrogen-bond acceptors (Lipinski definition) is 8. The van der Waals surface area contributed by atoms with Crippen LogP contribution in [0.3, 0.4) is 0 Å².